The molecule has 0 atom stereocenters. The standard InChI is InChI=1S/C43H64N8O14.C7H15NO/c1-34-28-37-38(48-39(44)29-34)30-35(31-47-37)36-4-7-50(49-36)32-40(52)45-5-8-56-10-12-58-14-16-60-18-20-62-22-24-64-26-27-65-25-23-63-21-19-61-17-15-59-13-11-57-9-6-46-41(53)33-51-42(54)2-3-43(51)55;1-3-5-8(7-9)6-4-2/h2-4,7,28,30-31H,5-6,8-27,29,32-33H2,1H3,(H2,44,48)(H,45,52)(H,46,53);7H,3-6H2,1-2H3. The Hall–Kier alpha value is -5.54. The maximum atomic E-state index is 12.4. The van der Waals surface area contributed by atoms with Crippen molar-refractivity contribution in [3.8, 4) is 11.3 Å². The first-order valence-electron chi connectivity index (χ1n) is 25.2. The van der Waals surface area contributed by atoms with Gasteiger partial charge in [0.2, 0.25) is 18.2 Å². The lowest BCUT2D eigenvalue weighted by molar-refractivity contribution is -0.141. The summed E-state index contributed by atoms with van der Waals surface area (Å²) in [6.07, 6.45) is 11.4. The van der Waals surface area contributed by atoms with Crippen molar-refractivity contribution >= 4 is 47.6 Å². The van der Waals surface area contributed by atoms with E-state index in [4.69, 9.17) is 53.1 Å². The average Bonchev–Trinajstić information content (AvgIpc) is 3.94. The first-order chi connectivity index (χ1) is 36.1. The highest BCUT2D eigenvalue weighted by molar-refractivity contribution is 6.14. The Morgan fingerprint density at radius 2 is 1.08 bits per heavy atom. The van der Waals surface area contributed by atoms with E-state index in [1.807, 2.05) is 25.1 Å². The van der Waals surface area contributed by atoms with Crippen molar-refractivity contribution in [2.75, 3.05) is 165 Å². The molecule has 0 fully saturated rings. The van der Waals surface area contributed by atoms with E-state index in [9.17, 15) is 24.0 Å². The molecular weight excluding hydrogens is 967 g/mol. The van der Waals surface area contributed by atoms with Gasteiger partial charge in [-0.05, 0) is 38.0 Å². The minimum Gasteiger partial charge on any atom is -0.387 e. The van der Waals surface area contributed by atoms with Crippen molar-refractivity contribution in [3.05, 3.63) is 47.9 Å². The van der Waals surface area contributed by atoms with Gasteiger partial charge >= 0.3 is 0 Å². The number of ether oxygens (including phenoxy) is 10. The number of carbonyl (C=O) groups is 5. The van der Waals surface area contributed by atoms with E-state index in [0.717, 1.165) is 66.2 Å². The molecule has 0 unspecified atom stereocenters. The molecule has 24 nitrogen and oxygen atoms in total. The number of carbonyl (C=O) groups excluding carboxylic acids is 5. The molecule has 0 saturated heterocycles. The molecule has 5 amide bonds. The Kier molecular flexibility index (Phi) is 34.6. The van der Waals surface area contributed by atoms with Gasteiger partial charge in [-0.2, -0.15) is 5.10 Å². The fourth-order valence-electron chi connectivity index (χ4n) is 6.56. The summed E-state index contributed by atoms with van der Waals surface area (Å²) in [6, 6.07) is 3.73. The molecule has 4 heterocycles. The SMILES string of the molecule is CC1=Cc2ncc(-c3ccn(CC(=O)NCCOCCOCCOCCOCCOCCOCCOCCOCCOCCOCCNC(=O)CN4C(=O)C=CC4=O)n3)cc2N=C(N)C1.CCCN(C=O)CCC. The monoisotopic (exact) mass is 1050 g/mol. The predicted molar refractivity (Wildman–Crippen MR) is 273 cm³/mol. The maximum absolute atomic E-state index is 12.4. The van der Waals surface area contributed by atoms with Crippen LogP contribution in [0.1, 0.15) is 45.7 Å². The molecule has 24 heteroatoms. The molecule has 2 aromatic rings. The highest BCUT2D eigenvalue weighted by Gasteiger charge is 2.25. The van der Waals surface area contributed by atoms with Crippen LogP contribution in [-0.4, -0.2) is 225 Å². The smallest absolute Gasteiger partial charge is 0.254 e. The number of hydrogen-bond acceptors (Lipinski definition) is 19. The number of aliphatic imine (C=N–C) groups is 1. The van der Waals surface area contributed by atoms with Crippen LogP contribution in [0.4, 0.5) is 5.69 Å². The van der Waals surface area contributed by atoms with Gasteiger partial charge in [-0.3, -0.25) is 38.5 Å². The summed E-state index contributed by atoms with van der Waals surface area (Å²) >= 11 is 0. The number of nitrogens with two attached hydrogens (primary N) is 1. The van der Waals surface area contributed by atoms with Gasteiger partial charge in [0.15, 0.2) is 0 Å². The molecule has 0 bridgehead atoms. The highest BCUT2D eigenvalue weighted by Crippen LogP contribution is 2.29. The number of amidine groups is 1. The first-order valence-corrected chi connectivity index (χ1v) is 25.2. The molecule has 0 spiro atoms. The molecule has 0 radical (unpaired) electrons. The van der Waals surface area contributed by atoms with Crippen molar-refractivity contribution in [1.29, 1.82) is 0 Å². The van der Waals surface area contributed by atoms with Crippen molar-refractivity contribution < 1.29 is 71.3 Å². The normalized spacial score (nSPS) is 13.0. The van der Waals surface area contributed by atoms with E-state index >= 15 is 0 Å². The molecule has 414 valence electrons. The van der Waals surface area contributed by atoms with Crippen LogP contribution in [0.3, 0.4) is 0 Å². The quantitative estimate of drug-likeness (QED) is 0.0480. The van der Waals surface area contributed by atoms with Crippen LogP contribution >= 0.6 is 0 Å². The summed E-state index contributed by atoms with van der Waals surface area (Å²) < 4.78 is 56.4. The Labute approximate surface area is 434 Å². The van der Waals surface area contributed by atoms with Crippen molar-refractivity contribution in [2.45, 2.75) is 46.6 Å². The Bertz CT molecular complexity index is 1980. The number of nitrogens with one attached hydrogen (secondary N) is 2. The van der Waals surface area contributed by atoms with Crippen LogP contribution in [0.5, 0.6) is 0 Å². The van der Waals surface area contributed by atoms with Crippen molar-refractivity contribution in [1.82, 2.24) is 35.2 Å². The topological polar surface area (TPSA) is 277 Å². The van der Waals surface area contributed by atoms with Crippen LogP contribution in [0.15, 0.2) is 47.2 Å². The molecule has 74 heavy (non-hydrogen) atoms. The van der Waals surface area contributed by atoms with E-state index in [2.05, 4.69) is 39.6 Å². The number of rotatable bonds is 43. The minimum atomic E-state index is -0.497. The largest absolute Gasteiger partial charge is 0.387 e. The zero-order valence-electron chi connectivity index (χ0n) is 43.5. The van der Waals surface area contributed by atoms with Gasteiger partial charge in [0.05, 0.1) is 149 Å². The molecule has 4 N–H and O–H groups in total. The first kappa shape index (κ1) is 62.8. The van der Waals surface area contributed by atoms with E-state index in [0.29, 0.717) is 156 Å². The highest BCUT2D eigenvalue weighted by atomic mass is 16.6. The lowest BCUT2D eigenvalue weighted by Gasteiger charge is -2.13. The van der Waals surface area contributed by atoms with Gasteiger partial charge in [0.25, 0.3) is 11.8 Å². The molecule has 0 saturated carbocycles. The van der Waals surface area contributed by atoms with Gasteiger partial charge in [0, 0.05) is 62.7 Å². The summed E-state index contributed by atoms with van der Waals surface area (Å²) in [6.45, 7) is 16.8. The second kappa shape index (κ2) is 40.8. The van der Waals surface area contributed by atoms with Crippen molar-refractivity contribution in [2.24, 2.45) is 10.7 Å². The van der Waals surface area contributed by atoms with Gasteiger partial charge in [-0.1, -0.05) is 19.4 Å². The third kappa shape index (κ3) is 29.4. The van der Waals surface area contributed by atoms with E-state index in [1.165, 1.54) is 0 Å². The summed E-state index contributed by atoms with van der Waals surface area (Å²) in [7, 11) is 0. The molecule has 2 aliphatic rings. The van der Waals surface area contributed by atoms with E-state index < -0.39 is 17.7 Å². The number of aromatic nitrogens is 3. The number of nitrogens with zero attached hydrogens (tertiary/aromatic N) is 6. The third-order valence-electron chi connectivity index (χ3n) is 10.1. The average molecular weight is 1050 g/mol. The van der Waals surface area contributed by atoms with Crippen LogP contribution in [0.25, 0.3) is 17.3 Å². The molecular formula is C50H79N9O15. The number of hydrogen-bond donors (Lipinski definition) is 3. The van der Waals surface area contributed by atoms with Gasteiger partial charge < -0.3 is 68.6 Å². The summed E-state index contributed by atoms with van der Waals surface area (Å²) in [5, 5.41) is 9.94. The lowest BCUT2D eigenvalue weighted by Crippen LogP contribution is -2.41. The lowest BCUT2D eigenvalue weighted by atomic mass is 10.1. The second-order valence-corrected chi connectivity index (χ2v) is 16.4. The number of imide groups is 1. The molecule has 2 aliphatic heterocycles. The molecule has 4 rings (SSSR count). The van der Waals surface area contributed by atoms with Crippen LogP contribution in [0.2, 0.25) is 0 Å². The second-order valence-electron chi connectivity index (χ2n) is 16.4. The molecule has 2 aromatic heterocycles. The number of pyridine rings is 1. The summed E-state index contributed by atoms with van der Waals surface area (Å²) in [4.78, 5) is 69.0. The summed E-state index contributed by atoms with van der Waals surface area (Å²) in [5.41, 5.74) is 10.1. The Balaban J connectivity index is 0.00000146. The van der Waals surface area contributed by atoms with Crippen molar-refractivity contribution in [3.63, 3.8) is 0 Å². The zero-order valence-corrected chi connectivity index (χ0v) is 43.5. The third-order valence-corrected chi connectivity index (χ3v) is 10.1. The Morgan fingerprint density at radius 3 is 1.50 bits per heavy atom. The zero-order chi connectivity index (χ0) is 53.3. The fourth-order valence-corrected chi connectivity index (χ4v) is 6.56. The van der Waals surface area contributed by atoms with E-state index in [-0.39, 0.29) is 32.1 Å². The summed E-state index contributed by atoms with van der Waals surface area (Å²) in [5.74, 6) is -1.06. The predicted octanol–water partition coefficient (Wildman–Crippen LogP) is 1.33. The molecule has 0 aromatic carbocycles. The fraction of sp³-hybridized carbons (Fsp3) is 0.640. The minimum absolute atomic E-state index is 0.0773. The van der Waals surface area contributed by atoms with E-state index in [1.54, 1.807) is 22.0 Å². The van der Waals surface area contributed by atoms with Crippen LogP contribution < -0.4 is 16.4 Å². The van der Waals surface area contributed by atoms with Gasteiger partial charge in [-0.25, -0.2) is 4.99 Å². The van der Waals surface area contributed by atoms with Gasteiger partial charge in [-0.15, -0.1) is 0 Å². The number of amides is 5. The number of fused-ring (bicyclic) bond motifs is 1. The molecule has 0 aliphatic carbocycles. The Morgan fingerprint density at radius 1 is 0.662 bits per heavy atom. The van der Waals surface area contributed by atoms with Crippen LogP contribution in [0, 0.1) is 0 Å². The van der Waals surface area contributed by atoms with Crippen LogP contribution in [-0.2, 0) is 77.9 Å². The van der Waals surface area contributed by atoms with Gasteiger partial charge in [0.1, 0.15) is 18.9 Å². The maximum Gasteiger partial charge on any atom is 0.254 e.